The van der Waals surface area contributed by atoms with Crippen LogP contribution in [0.1, 0.15) is 50.3 Å². The van der Waals surface area contributed by atoms with Crippen molar-refractivity contribution in [3.63, 3.8) is 0 Å². The molecule has 1 aliphatic rings. The second-order valence-corrected chi connectivity index (χ2v) is 10.2. The van der Waals surface area contributed by atoms with Gasteiger partial charge < -0.3 is 9.64 Å². The number of carbonyl (C=O) groups is 1. The number of fused-ring (bicyclic) bond motifs is 1. The molecule has 1 heterocycles. The maximum Gasteiger partial charge on any atom is 0.261 e. The number of sulfonamides is 1. The van der Waals surface area contributed by atoms with Crippen molar-refractivity contribution in [2.45, 2.75) is 58.8 Å². The molecule has 1 amide bonds. The van der Waals surface area contributed by atoms with Crippen molar-refractivity contribution in [2.75, 3.05) is 22.8 Å². The number of nitrogens with one attached hydrogen (secondary N) is 1. The van der Waals surface area contributed by atoms with E-state index in [4.69, 9.17) is 4.74 Å². The summed E-state index contributed by atoms with van der Waals surface area (Å²) in [6.07, 6.45) is 1.98. The predicted octanol–water partition coefficient (Wildman–Crippen LogP) is 4.83. The van der Waals surface area contributed by atoms with Gasteiger partial charge in [-0.3, -0.25) is 9.52 Å². The lowest BCUT2D eigenvalue weighted by Gasteiger charge is -2.30. The molecular formula is C24H32N2O4S. The topological polar surface area (TPSA) is 75.7 Å². The first-order valence-corrected chi connectivity index (χ1v) is 12.3. The summed E-state index contributed by atoms with van der Waals surface area (Å²) in [7, 11) is -3.75. The van der Waals surface area contributed by atoms with Gasteiger partial charge in [0.25, 0.3) is 10.0 Å². The van der Waals surface area contributed by atoms with Crippen LogP contribution in [0.25, 0.3) is 0 Å². The molecule has 6 nitrogen and oxygen atoms in total. The minimum atomic E-state index is -3.75. The molecule has 3 rings (SSSR count). The molecule has 2 aromatic rings. The Bertz CT molecular complexity index is 1050. The number of hydrogen-bond acceptors (Lipinski definition) is 4. The number of carbonyl (C=O) groups excluding carboxylic acids is 1. The Kier molecular flexibility index (Phi) is 6.94. The van der Waals surface area contributed by atoms with E-state index in [0.29, 0.717) is 37.6 Å². The van der Waals surface area contributed by atoms with Gasteiger partial charge in [-0.2, -0.15) is 0 Å². The fourth-order valence-corrected chi connectivity index (χ4v) is 5.13. The van der Waals surface area contributed by atoms with Gasteiger partial charge in [-0.15, -0.1) is 0 Å². The highest BCUT2D eigenvalue weighted by Crippen LogP contribution is 2.32. The molecule has 0 saturated heterocycles. The zero-order chi connectivity index (χ0) is 22.8. The van der Waals surface area contributed by atoms with Crippen LogP contribution in [0.4, 0.5) is 11.4 Å². The lowest BCUT2D eigenvalue weighted by atomic mass is 9.99. The van der Waals surface area contributed by atoms with Crippen LogP contribution in [0.3, 0.4) is 0 Å². The van der Waals surface area contributed by atoms with Gasteiger partial charge in [0, 0.05) is 24.3 Å². The van der Waals surface area contributed by atoms with Gasteiger partial charge in [0.15, 0.2) is 0 Å². The van der Waals surface area contributed by atoms with E-state index in [0.717, 1.165) is 34.5 Å². The number of hydrogen-bond donors (Lipinski definition) is 1. The summed E-state index contributed by atoms with van der Waals surface area (Å²) in [5.74, 6) is 1.36. The summed E-state index contributed by atoms with van der Waals surface area (Å²) in [4.78, 5) is 14.4. The largest absolute Gasteiger partial charge is 0.493 e. The number of ether oxygens (including phenoxy) is 1. The van der Waals surface area contributed by atoms with Gasteiger partial charge in [0.1, 0.15) is 5.75 Å². The van der Waals surface area contributed by atoms with E-state index in [1.165, 1.54) is 0 Å². The molecule has 0 bridgehead atoms. The Morgan fingerprint density at radius 3 is 2.39 bits per heavy atom. The number of nitrogens with zero attached hydrogens (tertiary/aromatic N) is 1. The second kappa shape index (κ2) is 9.30. The third-order valence-corrected chi connectivity index (χ3v) is 6.86. The highest BCUT2D eigenvalue weighted by atomic mass is 32.2. The van der Waals surface area contributed by atoms with Crippen LogP contribution in [0.2, 0.25) is 0 Å². The molecule has 0 spiro atoms. The van der Waals surface area contributed by atoms with Crippen LogP contribution in [0, 0.1) is 19.8 Å². The average Bonchev–Trinajstić information content (AvgIpc) is 2.69. The van der Waals surface area contributed by atoms with Gasteiger partial charge in [-0.05, 0) is 86.6 Å². The minimum Gasteiger partial charge on any atom is -0.493 e. The van der Waals surface area contributed by atoms with E-state index in [2.05, 4.69) is 18.6 Å². The van der Waals surface area contributed by atoms with Gasteiger partial charge in [-0.1, -0.05) is 13.8 Å². The predicted molar refractivity (Wildman–Crippen MR) is 124 cm³/mol. The Labute approximate surface area is 185 Å². The maximum absolute atomic E-state index is 13.0. The van der Waals surface area contributed by atoms with Crippen LogP contribution in [0.5, 0.6) is 5.75 Å². The van der Waals surface area contributed by atoms with Gasteiger partial charge in [0.2, 0.25) is 5.91 Å². The maximum atomic E-state index is 13.0. The normalized spacial score (nSPS) is 14.0. The number of aryl methyl sites for hydroxylation is 3. The molecule has 0 radical (unpaired) electrons. The first kappa shape index (κ1) is 23.1. The molecule has 0 unspecified atom stereocenters. The van der Waals surface area contributed by atoms with Crippen LogP contribution >= 0.6 is 0 Å². The lowest BCUT2D eigenvalue weighted by Crippen LogP contribution is -2.36. The van der Waals surface area contributed by atoms with Crippen LogP contribution < -0.4 is 14.4 Å². The smallest absolute Gasteiger partial charge is 0.261 e. The molecule has 7 heteroatoms. The van der Waals surface area contributed by atoms with Crippen molar-refractivity contribution in [1.82, 2.24) is 0 Å². The van der Waals surface area contributed by atoms with Crippen LogP contribution in [-0.4, -0.2) is 27.5 Å². The highest BCUT2D eigenvalue weighted by Gasteiger charge is 2.25. The summed E-state index contributed by atoms with van der Waals surface area (Å²) < 4.78 is 34.4. The third kappa shape index (κ3) is 5.21. The fourth-order valence-electron chi connectivity index (χ4n) is 3.91. The molecule has 0 atom stereocenters. The number of rotatable bonds is 8. The van der Waals surface area contributed by atoms with E-state index < -0.39 is 10.0 Å². The quantitative estimate of drug-likeness (QED) is 0.633. The van der Waals surface area contributed by atoms with E-state index in [-0.39, 0.29) is 10.8 Å². The highest BCUT2D eigenvalue weighted by molar-refractivity contribution is 7.92. The van der Waals surface area contributed by atoms with E-state index in [9.17, 15) is 13.2 Å². The SMILES string of the molecule is CCOc1c(C)cc(S(=O)(=O)Nc2ccc3c(c2)CCC(=O)N3CCC(C)C)cc1C. The van der Waals surface area contributed by atoms with Crippen molar-refractivity contribution in [2.24, 2.45) is 5.92 Å². The first-order chi connectivity index (χ1) is 14.6. The summed E-state index contributed by atoms with van der Waals surface area (Å²) in [6, 6.07) is 8.68. The van der Waals surface area contributed by atoms with Crippen LogP contribution in [-0.2, 0) is 21.2 Å². The summed E-state index contributed by atoms with van der Waals surface area (Å²) in [5.41, 5.74) is 3.94. The van der Waals surface area contributed by atoms with Crippen molar-refractivity contribution < 1.29 is 17.9 Å². The molecule has 0 aromatic heterocycles. The first-order valence-electron chi connectivity index (χ1n) is 10.8. The summed E-state index contributed by atoms with van der Waals surface area (Å²) >= 11 is 0. The van der Waals surface area contributed by atoms with E-state index in [1.54, 1.807) is 18.2 Å². The minimum absolute atomic E-state index is 0.127. The Morgan fingerprint density at radius 2 is 1.77 bits per heavy atom. The molecule has 1 N–H and O–H groups in total. The standard InChI is InChI=1S/C24H32N2O4S/c1-6-30-24-17(4)13-21(14-18(24)5)31(28,29)25-20-8-9-22-19(15-20)7-10-23(27)26(22)12-11-16(2)3/h8-9,13-16,25H,6-7,10-12H2,1-5H3. The third-order valence-electron chi connectivity index (χ3n) is 5.49. The van der Waals surface area contributed by atoms with Crippen LogP contribution in [0.15, 0.2) is 35.2 Å². The molecule has 0 aliphatic carbocycles. The molecule has 0 fully saturated rings. The summed E-state index contributed by atoms with van der Waals surface area (Å²) in [5, 5.41) is 0. The van der Waals surface area contributed by atoms with E-state index in [1.807, 2.05) is 37.8 Å². The lowest BCUT2D eigenvalue weighted by molar-refractivity contribution is -0.118. The Morgan fingerprint density at radius 1 is 1.10 bits per heavy atom. The average molecular weight is 445 g/mol. The molecule has 31 heavy (non-hydrogen) atoms. The van der Waals surface area contributed by atoms with Crippen molar-refractivity contribution in [3.05, 3.63) is 47.0 Å². The second-order valence-electron chi connectivity index (χ2n) is 8.50. The van der Waals surface area contributed by atoms with Gasteiger partial charge in [-0.25, -0.2) is 8.42 Å². The van der Waals surface area contributed by atoms with Crippen molar-refractivity contribution in [3.8, 4) is 5.75 Å². The zero-order valence-corrected chi connectivity index (χ0v) is 19.8. The molecular weight excluding hydrogens is 412 g/mol. The molecule has 1 aliphatic heterocycles. The monoisotopic (exact) mass is 444 g/mol. The molecule has 2 aromatic carbocycles. The Balaban J connectivity index is 1.86. The number of benzene rings is 2. The van der Waals surface area contributed by atoms with Crippen molar-refractivity contribution in [1.29, 1.82) is 0 Å². The molecule has 168 valence electrons. The van der Waals surface area contributed by atoms with E-state index >= 15 is 0 Å². The summed E-state index contributed by atoms with van der Waals surface area (Å²) in [6.45, 7) is 11.1. The Hall–Kier alpha value is -2.54. The van der Waals surface area contributed by atoms with Crippen molar-refractivity contribution >= 4 is 27.3 Å². The molecule has 0 saturated carbocycles. The van der Waals surface area contributed by atoms with Gasteiger partial charge in [0.05, 0.1) is 11.5 Å². The van der Waals surface area contributed by atoms with Gasteiger partial charge >= 0.3 is 0 Å². The zero-order valence-electron chi connectivity index (χ0n) is 19.0. The number of anilines is 2. The number of amides is 1. The fraction of sp³-hybridized carbons (Fsp3) is 0.458.